The highest BCUT2D eigenvalue weighted by Gasteiger charge is 2.33. The SMILES string of the molecule is CCN1CCCC(CNC)C1c1cc(OC)ccc1OC. The molecule has 0 aromatic heterocycles. The van der Waals surface area contributed by atoms with Crippen molar-refractivity contribution in [2.24, 2.45) is 5.92 Å². The number of likely N-dealkylation sites (tertiary alicyclic amines) is 1. The third kappa shape index (κ3) is 3.50. The van der Waals surface area contributed by atoms with Gasteiger partial charge < -0.3 is 14.8 Å². The molecule has 4 nitrogen and oxygen atoms in total. The molecule has 118 valence electrons. The molecule has 1 fully saturated rings. The van der Waals surface area contributed by atoms with Gasteiger partial charge in [-0.1, -0.05) is 6.92 Å². The van der Waals surface area contributed by atoms with E-state index in [0.717, 1.165) is 31.1 Å². The molecular weight excluding hydrogens is 264 g/mol. The first-order chi connectivity index (χ1) is 10.2. The lowest BCUT2D eigenvalue weighted by Gasteiger charge is -2.41. The Kier molecular flexibility index (Phi) is 5.88. The van der Waals surface area contributed by atoms with E-state index < -0.39 is 0 Å². The molecule has 0 aliphatic carbocycles. The van der Waals surface area contributed by atoms with Crippen LogP contribution in [-0.4, -0.2) is 45.8 Å². The first-order valence-electron chi connectivity index (χ1n) is 7.85. The van der Waals surface area contributed by atoms with Crippen LogP contribution in [0, 0.1) is 5.92 Å². The predicted octanol–water partition coefficient (Wildman–Crippen LogP) is 2.70. The molecule has 1 N–H and O–H groups in total. The van der Waals surface area contributed by atoms with E-state index in [-0.39, 0.29) is 0 Å². The van der Waals surface area contributed by atoms with E-state index in [1.807, 2.05) is 19.2 Å². The van der Waals surface area contributed by atoms with Crippen LogP contribution < -0.4 is 14.8 Å². The summed E-state index contributed by atoms with van der Waals surface area (Å²) in [4.78, 5) is 2.56. The molecule has 1 heterocycles. The molecule has 1 aliphatic rings. The Morgan fingerprint density at radius 3 is 2.71 bits per heavy atom. The molecule has 0 bridgehead atoms. The summed E-state index contributed by atoms with van der Waals surface area (Å²) in [6.07, 6.45) is 2.52. The fourth-order valence-corrected chi connectivity index (χ4v) is 3.50. The zero-order valence-corrected chi connectivity index (χ0v) is 13.7. The summed E-state index contributed by atoms with van der Waals surface area (Å²) in [6.45, 7) is 5.48. The molecule has 2 unspecified atom stereocenters. The number of rotatable bonds is 6. The highest BCUT2D eigenvalue weighted by atomic mass is 16.5. The zero-order chi connectivity index (χ0) is 15.2. The van der Waals surface area contributed by atoms with Crippen molar-refractivity contribution in [3.05, 3.63) is 23.8 Å². The van der Waals surface area contributed by atoms with Gasteiger partial charge >= 0.3 is 0 Å². The van der Waals surface area contributed by atoms with E-state index in [0.29, 0.717) is 12.0 Å². The van der Waals surface area contributed by atoms with Gasteiger partial charge in [-0.2, -0.15) is 0 Å². The van der Waals surface area contributed by atoms with Crippen LogP contribution in [-0.2, 0) is 0 Å². The lowest BCUT2D eigenvalue weighted by Crippen LogP contribution is -2.42. The lowest BCUT2D eigenvalue weighted by molar-refractivity contribution is 0.0959. The van der Waals surface area contributed by atoms with Gasteiger partial charge in [-0.25, -0.2) is 0 Å². The van der Waals surface area contributed by atoms with Crippen molar-refractivity contribution >= 4 is 0 Å². The van der Waals surface area contributed by atoms with Gasteiger partial charge in [0.25, 0.3) is 0 Å². The van der Waals surface area contributed by atoms with E-state index in [1.54, 1.807) is 14.2 Å². The molecule has 2 atom stereocenters. The maximum atomic E-state index is 5.61. The number of ether oxygens (including phenoxy) is 2. The van der Waals surface area contributed by atoms with E-state index in [4.69, 9.17) is 9.47 Å². The first-order valence-corrected chi connectivity index (χ1v) is 7.85. The maximum Gasteiger partial charge on any atom is 0.123 e. The maximum absolute atomic E-state index is 5.61. The first kappa shape index (κ1) is 16.1. The molecule has 1 saturated heterocycles. The summed E-state index contributed by atoms with van der Waals surface area (Å²) in [5, 5.41) is 3.35. The molecule has 0 spiro atoms. The van der Waals surface area contributed by atoms with Gasteiger partial charge in [-0.3, -0.25) is 4.90 Å². The average Bonchev–Trinajstić information content (AvgIpc) is 2.54. The molecule has 21 heavy (non-hydrogen) atoms. The van der Waals surface area contributed by atoms with Crippen LogP contribution in [0.2, 0.25) is 0 Å². The van der Waals surface area contributed by atoms with Crippen molar-refractivity contribution in [2.45, 2.75) is 25.8 Å². The Bertz CT molecular complexity index is 448. The average molecular weight is 292 g/mol. The van der Waals surface area contributed by atoms with E-state index in [9.17, 15) is 0 Å². The standard InChI is InChI=1S/C17H28N2O2/c1-5-19-10-6-7-13(12-18-2)17(19)15-11-14(20-3)8-9-16(15)21-4/h8-9,11,13,17-18H,5-7,10,12H2,1-4H3. The minimum absolute atomic E-state index is 0.390. The number of nitrogens with zero attached hydrogens (tertiary/aromatic N) is 1. The van der Waals surface area contributed by atoms with Crippen molar-refractivity contribution in [2.75, 3.05) is 40.9 Å². The van der Waals surface area contributed by atoms with Gasteiger partial charge in [0, 0.05) is 11.6 Å². The van der Waals surface area contributed by atoms with Gasteiger partial charge in [0.15, 0.2) is 0 Å². The van der Waals surface area contributed by atoms with Crippen LogP contribution in [0.15, 0.2) is 18.2 Å². The van der Waals surface area contributed by atoms with E-state index in [1.165, 1.54) is 18.4 Å². The molecule has 1 aliphatic heterocycles. The van der Waals surface area contributed by atoms with Crippen LogP contribution in [0.5, 0.6) is 11.5 Å². The number of nitrogens with one attached hydrogen (secondary N) is 1. The van der Waals surface area contributed by atoms with Crippen LogP contribution in [0.4, 0.5) is 0 Å². The number of benzene rings is 1. The normalized spacial score (nSPS) is 23.0. The van der Waals surface area contributed by atoms with Crippen LogP contribution >= 0.6 is 0 Å². The number of hydrogen-bond acceptors (Lipinski definition) is 4. The predicted molar refractivity (Wildman–Crippen MR) is 86.2 cm³/mol. The van der Waals surface area contributed by atoms with Crippen LogP contribution in [0.25, 0.3) is 0 Å². The summed E-state index contributed by atoms with van der Waals surface area (Å²) in [7, 11) is 5.50. The summed E-state index contributed by atoms with van der Waals surface area (Å²) in [5.74, 6) is 2.46. The van der Waals surface area contributed by atoms with Crippen LogP contribution in [0.3, 0.4) is 0 Å². The van der Waals surface area contributed by atoms with Gasteiger partial charge in [0.2, 0.25) is 0 Å². The quantitative estimate of drug-likeness (QED) is 0.874. The fourth-order valence-electron chi connectivity index (χ4n) is 3.50. The summed E-state index contributed by atoms with van der Waals surface area (Å²) in [6, 6.07) is 6.52. The van der Waals surface area contributed by atoms with E-state index >= 15 is 0 Å². The Morgan fingerprint density at radius 2 is 2.10 bits per heavy atom. The summed E-state index contributed by atoms with van der Waals surface area (Å²) in [5.41, 5.74) is 1.25. The molecule has 0 radical (unpaired) electrons. The van der Waals surface area contributed by atoms with Crippen molar-refractivity contribution in [1.82, 2.24) is 10.2 Å². The Labute approximate surface area is 128 Å². The van der Waals surface area contributed by atoms with Crippen molar-refractivity contribution in [3.63, 3.8) is 0 Å². The van der Waals surface area contributed by atoms with Crippen molar-refractivity contribution in [3.8, 4) is 11.5 Å². The van der Waals surface area contributed by atoms with Gasteiger partial charge in [0.1, 0.15) is 11.5 Å². The molecule has 1 aromatic carbocycles. The number of hydrogen-bond donors (Lipinski definition) is 1. The topological polar surface area (TPSA) is 33.7 Å². The molecule has 2 rings (SSSR count). The smallest absolute Gasteiger partial charge is 0.123 e. The number of piperidine rings is 1. The Hall–Kier alpha value is -1.26. The second-order valence-corrected chi connectivity index (χ2v) is 5.64. The second-order valence-electron chi connectivity index (χ2n) is 5.64. The van der Waals surface area contributed by atoms with Crippen LogP contribution in [0.1, 0.15) is 31.4 Å². The third-order valence-electron chi connectivity index (χ3n) is 4.49. The molecule has 0 amide bonds. The largest absolute Gasteiger partial charge is 0.497 e. The third-order valence-corrected chi connectivity index (χ3v) is 4.49. The van der Waals surface area contributed by atoms with Gasteiger partial charge in [-0.15, -0.1) is 0 Å². The van der Waals surface area contributed by atoms with Crippen molar-refractivity contribution < 1.29 is 9.47 Å². The monoisotopic (exact) mass is 292 g/mol. The lowest BCUT2D eigenvalue weighted by atomic mass is 9.84. The highest BCUT2D eigenvalue weighted by Crippen LogP contribution is 2.41. The minimum atomic E-state index is 0.390. The Balaban J connectivity index is 2.41. The summed E-state index contributed by atoms with van der Waals surface area (Å²) >= 11 is 0. The van der Waals surface area contributed by atoms with E-state index in [2.05, 4.69) is 23.2 Å². The fraction of sp³-hybridized carbons (Fsp3) is 0.647. The number of methoxy groups -OCH3 is 2. The summed E-state index contributed by atoms with van der Waals surface area (Å²) < 4.78 is 11.0. The molecule has 0 saturated carbocycles. The van der Waals surface area contributed by atoms with Gasteiger partial charge in [0.05, 0.1) is 14.2 Å². The zero-order valence-electron chi connectivity index (χ0n) is 13.7. The minimum Gasteiger partial charge on any atom is -0.497 e. The van der Waals surface area contributed by atoms with Gasteiger partial charge in [-0.05, 0) is 63.6 Å². The Morgan fingerprint density at radius 1 is 1.29 bits per heavy atom. The molecule has 1 aromatic rings. The molecular formula is C17H28N2O2. The van der Waals surface area contributed by atoms with Crippen molar-refractivity contribution in [1.29, 1.82) is 0 Å². The highest BCUT2D eigenvalue weighted by molar-refractivity contribution is 5.43. The second kappa shape index (κ2) is 7.66. The molecule has 4 heteroatoms.